The lowest BCUT2D eigenvalue weighted by atomic mass is 10.0. The van der Waals surface area contributed by atoms with Crippen molar-refractivity contribution in [2.24, 2.45) is 0 Å². The molecule has 1 aliphatic rings. The van der Waals surface area contributed by atoms with Crippen molar-refractivity contribution in [1.82, 2.24) is 4.98 Å². The second kappa shape index (κ2) is 6.29. The molecule has 1 heterocycles. The second-order valence-electron chi connectivity index (χ2n) is 5.64. The summed E-state index contributed by atoms with van der Waals surface area (Å²) in [7, 11) is 0. The molecular formula is C17H21IN2. The summed E-state index contributed by atoms with van der Waals surface area (Å²) >= 11 is 2.40. The number of pyridine rings is 1. The normalized spacial score (nSPS) is 15.9. The van der Waals surface area contributed by atoms with E-state index in [-0.39, 0.29) is 0 Å². The van der Waals surface area contributed by atoms with Crippen LogP contribution in [0.15, 0.2) is 24.3 Å². The highest BCUT2D eigenvalue weighted by atomic mass is 127. The van der Waals surface area contributed by atoms with Crippen LogP contribution in [0.4, 0.5) is 5.69 Å². The molecule has 20 heavy (non-hydrogen) atoms. The molecule has 1 fully saturated rings. The molecular weight excluding hydrogens is 359 g/mol. The summed E-state index contributed by atoms with van der Waals surface area (Å²) in [6.45, 7) is 3.23. The summed E-state index contributed by atoms with van der Waals surface area (Å²) < 4.78 is 1.25. The molecule has 1 aromatic heterocycles. The van der Waals surface area contributed by atoms with Crippen molar-refractivity contribution >= 4 is 39.2 Å². The summed E-state index contributed by atoms with van der Waals surface area (Å²) in [4.78, 5) is 4.98. The van der Waals surface area contributed by atoms with Crippen LogP contribution in [-0.4, -0.2) is 11.5 Å². The lowest BCUT2D eigenvalue weighted by molar-refractivity contribution is 0.701. The van der Waals surface area contributed by atoms with Crippen LogP contribution < -0.4 is 5.32 Å². The highest BCUT2D eigenvalue weighted by molar-refractivity contribution is 14.1. The lowest BCUT2D eigenvalue weighted by Crippen LogP contribution is -2.05. The highest BCUT2D eigenvalue weighted by Crippen LogP contribution is 2.36. The van der Waals surface area contributed by atoms with Crippen LogP contribution in [0, 0.1) is 3.57 Å². The van der Waals surface area contributed by atoms with E-state index < -0.39 is 0 Å². The number of rotatable bonds is 4. The largest absolute Gasteiger partial charge is 0.384 e. The molecule has 2 aromatic rings. The number of nitrogens with zero attached hydrogens (tertiary/aromatic N) is 1. The van der Waals surface area contributed by atoms with E-state index in [2.05, 4.69) is 59.1 Å². The Kier molecular flexibility index (Phi) is 4.44. The van der Waals surface area contributed by atoms with Crippen molar-refractivity contribution in [3.8, 4) is 0 Å². The Hall–Kier alpha value is -0.840. The van der Waals surface area contributed by atoms with Gasteiger partial charge in [0.2, 0.25) is 0 Å². The minimum absolute atomic E-state index is 0.664. The monoisotopic (exact) mass is 380 g/mol. The number of para-hydroxylation sites is 1. The SMILES string of the molecule is CCCNc1cc(C2CCCC2)nc2c(I)cccc12. The van der Waals surface area contributed by atoms with Crippen LogP contribution in [0.5, 0.6) is 0 Å². The summed E-state index contributed by atoms with van der Waals surface area (Å²) in [5.41, 5.74) is 3.71. The number of nitrogens with one attached hydrogen (secondary N) is 1. The lowest BCUT2D eigenvalue weighted by Gasteiger charge is -2.15. The first-order valence-corrected chi connectivity index (χ1v) is 8.70. The summed E-state index contributed by atoms with van der Waals surface area (Å²) in [6, 6.07) is 8.75. The number of benzene rings is 1. The molecule has 1 saturated carbocycles. The van der Waals surface area contributed by atoms with Crippen LogP contribution in [0.3, 0.4) is 0 Å². The maximum atomic E-state index is 4.98. The van der Waals surface area contributed by atoms with Crippen molar-refractivity contribution < 1.29 is 0 Å². The van der Waals surface area contributed by atoms with Gasteiger partial charge in [-0.2, -0.15) is 0 Å². The van der Waals surface area contributed by atoms with Gasteiger partial charge in [-0.05, 0) is 54.0 Å². The van der Waals surface area contributed by atoms with E-state index in [9.17, 15) is 0 Å². The molecule has 0 saturated heterocycles. The number of hydrogen-bond acceptors (Lipinski definition) is 2. The van der Waals surface area contributed by atoms with E-state index in [4.69, 9.17) is 4.98 Å². The molecule has 0 atom stereocenters. The van der Waals surface area contributed by atoms with Crippen LogP contribution in [0.25, 0.3) is 10.9 Å². The Morgan fingerprint density at radius 3 is 2.85 bits per heavy atom. The molecule has 0 radical (unpaired) electrons. The molecule has 1 aliphatic carbocycles. The maximum absolute atomic E-state index is 4.98. The van der Waals surface area contributed by atoms with Crippen LogP contribution in [0.1, 0.15) is 50.6 Å². The molecule has 106 valence electrons. The second-order valence-corrected chi connectivity index (χ2v) is 6.80. The standard InChI is InChI=1S/C17H21IN2/c1-2-10-19-16-11-15(12-6-3-4-7-12)20-17-13(16)8-5-9-14(17)18/h5,8-9,11-12H,2-4,6-7,10H2,1H3,(H,19,20). The number of halogens is 1. The summed E-state index contributed by atoms with van der Waals surface area (Å²) in [5, 5.41) is 4.84. The molecule has 1 N–H and O–H groups in total. The highest BCUT2D eigenvalue weighted by Gasteiger charge is 2.20. The van der Waals surface area contributed by atoms with Gasteiger partial charge >= 0.3 is 0 Å². The summed E-state index contributed by atoms with van der Waals surface area (Å²) in [6.07, 6.45) is 6.46. The Bertz CT molecular complexity index is 603. The number of anilines is 1. The predicted octanol–water partition coefficient (Wildman–Crippen LogP) is 5.32. The molecule has 3 heteroatoms. The van der Waals surface area contributed by atoms with Gasteiger partial charge in [0.05, 0.1) is 5.52 Å². The van der Waals surface area contributed by atoms with Gasteiger partial charge in [-0.3, -0.25) is 4.98 Å². The van der Waals surface area contributed by atoms with Crippen molar-refractivity contribution in [1.29, 1.82) is 0 Å². The molecule has 0 aliphatic heterocycles. The zero-order chi connectivity index (χ0) is 13.9. The average Bonchev–Trinajstić information content (AvgIpc) is 2.99. The number of fused-ring (bicyclic) bond motifs is 1. The molecule has 0 unspecified atom stereocenters. The first-order chi connectivity index (χ1) is 9.79. The van der Waals surface area contributed by atoms with E-state index in [1.165, 1.54) is 46.0 Å². The van der Waals surface area contributed by atoms with Gasteiger partial charge in [-0.15, -0.1) is 0 Å². The molecule has 1 aromatic carbocycles. The van der Waals surface area contributed by atoms with Crippen molar-refractivity contribution in [2.75, 3.05) is 11.9 Å². The Morgan fingerprint density at radius 1 is 1.30 bits per heavy atom. The fourth-order valence-electron chi connectivity index (χ4n) is 3.07. The Balaban J connectivity index is 2.09. The number of aromatic nitrogens is 1. The smallest absolute Gasteiger partial charge is 0.0859 e. The van der Waals surface area contributed by atoms with Crippen LogP contribution >= 0.6 is 22.6 Å². The first kappa shape index (κ1) is 14.1. The first-order valence-electron chi connectivity index (χ1n) is 7.62. The fourth-order valence-corrected chi connectivity index (χ4v) is 3.69. The summed E-state index contributed by atoms with van der Waals surface area (Å²) in [5.74, 6) is 0.664. The quantitative estimate of drug-likeness (QED) is 0.727. The Labute approximate surface area is 134 Å². The van der Waals surface area contributed by atoms with Crippen molar-refractivity contribution in [3.63, 3.8) is 0 Å². The molecule has 0 bridgehead atoms. The Morgan fingerprint density at radius 2 is 2.10 bits per heavy atom. The third-order valence-electron chi connectivity index (χ3n) is 4.15. The van der Waals surface area contributed by atoms with Gasteiger partial charge in [0.1, 0.15) is 0 Å². The minimum atomic E-state index is 0.664. The van der Waals surface area contributed by atoms with Gasteiger partial charge in [-0.1, -0.05) is 31.9 Å². The van der Waals surface area contributed by atoms with E-state index in [0.717, 1.165) is 18.5 Å². The third kappa shape index (κ3) is 2.78. The van der Waals surface area contributed by atoms with E-state index in [1.54, 1.807) is 0 Å². The molecule has 0 spiro atoms. The van der Waals surface area contributed by atoms with Gasteiger partial charge in [0.25, 0.3) is 0 Å². The topological polar surface area (TPSA) is 24.9 Å². The van der Waals surface area contributed by atoms with Gasteiger partial charge in [0, 0.05) is 32.8 Å². The zero-order valence-corrected chi connectivity index (χ0v) is 14.1. The molecule has 2 nitrogen and oxygen atoms in total. The van der Waals surface area contributed by atoms with Crippen LogP contribution in [0.2, 0.25) is 0 Å². The van der Waals surface area contributed by atoms with Crippen LogP contribution in [-0.2, 0) is 0 Å². The molecule has 3 rings (SSSR count). The van der Waals surface area contributed by atoms with Gasteiger partial charge < -0.3 is 5.32 Å². The third-order valence-corrected chi connectivity index (χ3v) is 5.02. The van der Waals surface area contributed by atoms with Crippen molar-refractivity contribution in [3.05, 3.63) is 33.5 Å². The van der Waals surface area contributed by atoms with Gasteiger partial charge in [-0.25, -0.2) is 0 Å². The predicted molar refractivity (Wildman–Crippen MR) is 94.4 cm³/mol. The van der Waals surface area contributed by atoms with Crippen molar-refractivity contribution in [2.45, 2.75) is 44.9 Å². The van der Waals surface area contributed by atoms with E-state index in [0.29, 0.717) is 5.92 Å². The molecule has 0 amide bonds. The van der Waals surface area contributed by atoms with Gasteiger partial charge in [0.15, 0.2) is 0 Å². The number of hydrogen-bond donors (Lipinski definition) is 1. The zero-order valence-electron chi connectivity index (χ0n) is 12.0. The fraction of sp³-hybridized carbons (Fsp3) is 0.471. The average molecular weight is 380 g/mol. The maximum Gasteiger partial charge on any atom is 0.0859 e. The minimum Gasteiger partial charge on any atom is -0.384 e. The van der Waals surface area contributed by atoms with E-state index in [1.807, 2.05) is 0 Å². The van der Waals surface area contributed by atoms with E-state index >= 15 is 0 Å².